The maximum atomic E-state index is 13.2. The molecule has 0 spiro atoms. The van der Waals surface area contributed by atoms with Crippen molar-refractivity contribution in [1.82, 2.24) is 19.7 Å². The van der Waals surface area contributed by atoms with E-state index in [1.165, 1.54) is 12.1 Å². The molecule has 0 aliphatic carbocycles. The van der Waals surface area contributed by atoms with Gasteiger partial charge in [0, 0.05) is 13.1 Å². The zero-order valence-electron chi connectivity index (χ0n) is 14.7. The Labute approximate surface area is 146 Å². The molecule has 0 unspecified atom stereocenters. The molecule has 1 fully saturated rings. The van der Waals surface area contributed by atoms with Crippen molar-refractivity contribution < 1.29 is 9.18 Å². The van der Waals surface area contributed by atoms with Crippen LogP contribution in [0.3, 0.4) is 0 Å². The van der Waals surface area contributed by atoms with E-state index in [9.17, 15) is 9.18 Å². The largest absolute Gasteiger partial charge is 0.368 e. The number of hydrogen-bond donors (Lipinski definition) is 1. The molecular formula is C18H24FN5O. The molecule has 1 aliphatic heterocycles. The standard InChI is InChI=1S/C18H24FN5O/c1-12-21-13(2)24(22-12)11-14-4-3-9-23(10-14)17(18(20)25)15-5-7-16(19)8-6-15/h5-8,14,17H,3-4,9-11H2,1-2H3,(H2,20,25)/t14-,17+/m1/s1. The molecule has 134 valence electrons. The monoisotopic (exact) mass is 345 g/mol. The lowest BCUT2D eigenvalue weighted by atomic mass is 9.94. The van der Waals surface area contributed by atoms with E-state index in [0.29, 0.717) is 5.92 Å². The number of amides is 1. The molecule has 3 rings (SSSR count). The van der Waals surface area contributed by atoms with Crippen LogP contribution in [0.4, 0.5) is 4.39 Å². The smallest absolute Gasteiger partial charge is 0.239 e. The van der Waals surface area contributed by atoms with Crippen LogP contribution in [0.5, 0.6) is 0 Å². The van der Waals surface area contributed by atoms with Crippen LogP contribution < -0.4 is 5.73 Å². The van der Waals surface area contributed by atoms with Crippen molar-refractivity contribution in [2.45, 2.75) is 39.3 Å². The molecule has 0 bridgehead atoms. The Morgan fingerprint density at radius 1 is 1.36 bits per heavy atom. The van der Waals surface area contributed by atoms with E-state index in [-0.39, 0.29) is 5.82 Å². The molecule has 1 aliphatic rings. The summed E-state index contributed by atoms with van der Waals surface area (Å²) < 4.78 is 15.1. The SMILES string of the molecule is Cc1nc(C)n(C[C@@H]2CCCN([C@H](C(N)=O)c3ccc(F)cc3)C2)n1. The van der Waals surface area contributed by atoms with E-state index in [1.807, 2.05) is 18.5 Å². The average molecular weight is 345 g/mol. The van der Waals surface area contributed by atoms with Crippen LogP contribution in [0.15, 0.2) is 24.3 Å². The van der Waals surface area contributed by atoms with Crippen molar-refractivity contribution in [1.29, 1.82) is 0 Å². The predicted octanol–water partition coefficient (Wildman–Crippen LogP) is 1.97. The molecule has 1 aromatic heterocycles. The molecule has 0 saturated carbocycles. The molecule has 2 aromatic rings. The summed E-state index contributed by atoms with van der Waals surface area (Å²) in [5.74, 6) is 1.32. The third kappa shape index (κ3) is 4.04. The molecular weight excluding hydrogens is 321 g/mol. The number of carbonyl (C=O) groups excluding carboxylic acids is 1. The van der Waals surface area contributed by atoms with Crippen LogP contribution in [0.2, 0.25) is 0 Å². The van der Waals surface area contributed by atoms with Gasteiger partial charge in [0.15, 0.2) is 0 Å². The maximum absolute atomic E-state index is 13.2. The number of hydrogen-bond acceptors (Lipinski definition) is 4. The fourth-order valence-electron chi connectivity index (χ4n) is 3.66. The molecule has 2 N–H and O–H groups in total. The van der Waals surface area contributed by atoms with Gasteiger partial charge < -0.3 is 5.73 Å². The Morgan fingerprint density at radius 3 is 2.68 bits per heavy atom. The third-order valence-electron chi connectivity index (χ3n) is 4.76. The van der Waals surface area contributed by atoms with Crippen LogP contribution in [0.25, 0.3) is 0 Å². The quantitative estimate of drug-likeness (QED) is 0.899. The van der Waals surface area contributed by atoms with Gasteiger partial charge in [-0.15, -0.1) is 0 Å². The minimum atomic E-state index is -0.526. The summed E-state index contributed by atoms with van der Waals surface area (Å²) in [6.07, 6.45) is 2.06. The number of piperidine rings is 1. The van der Waals surface area contributed by atoms with Gasteiger partial charge in [-0.3, -0.25) is 9.69 Å². The van der Waals surface area contributed by atoms with E-state index in [4.69, 9.17) is 5.73 Å². The summed E-state index contributed by atoms with van der Waals surface area (Å²) in [7, 11) is 0. The van der Waals surface area contributed by atoms with Gasteiger partial charge in [-0.2, -0.15) is 5.10 Å². The van der Waals surface area contributed by atoms with Crippen molar-refractivity contribution in [3.63, 3.8) is 0 Å². The lowest BCUT2D eigenvalue weighted by molar-refractivity contribution is -0.124. The number of rotatable bonds is 5. The van der Waals surface area contributed by atoms with Crippen LogP contribution in [0.1, 0.15) is 36.1 Å². The highest BCUT2D eigenvalue weighted by molar-refractivity contribution is 5.81. The van der Waals surface area contributed by atoms with Gasteiger partial charge in [-0.1, -0.05) is 12.1 Å². The highest BCUT2D eigenvalue weighted by atomic mass is 19.1. The van der Waals surface area contributed by atoms with Gasteiger partial charge in [0.2, 0.25) is 5.91 Å². The minimum absolute atomic E-state index is 0.319. The van der Waals surface area contributed by atoms with Gasteiger partial charge in [-0.25, -0.2) is 14.1 Å². The second kappa shape index (κ2) is 7.31. The van der Waals surface area contributed by atoms with E-state index in [0.717, 1.165) is 49.7 Å². The molecule has 1 saturated heterocycles. The molecule has 6 nitrogen and oxygen atoms in total. The van der Waals surface area contributed by atoms with Crippen LogP contribution >= 0.6 is 0 Å². The highest BCUT2D eigenvalue weighted by Gasteiger charge is 2.31. The minimum Gasteiger partial charge on any atom is -0.368 e. The topological polar surface area (TPSA) is 77.0 Å². The van der Waals surface area contributed by atoms with Crippen LogP contribution in [-0.4, -0.2) is 38.7 Å². The summed E-state index contributed by atoms with van der Waals surface area (Å²) in [5, 5.41) is 4.43. The zero-order chi connectivity index (χ0) is 18.0. The Balaban J connectivity index is 1.75. The van der Waals surface area contributed by atoms with E-state index in [2.05, 4.69) is 15.0 Å². The molecule has 25 heavy (non-hydrogen) atoms. The number of nitrogens with zero attached hydrogens (tertiary/aromatic N) is 4. The highest BCUT2D eigenvalue weighted by Crippen LogP contribution is 2.28. The first-order valence-corrected chi connectivity index (χ1v) is 8.61. The van der Waals surface area contributed by atoms with Crippen molar-refractivity contribution in [2.75, 3.05) is 13.1 Å². The second-order valence-corrected chi connectivity index (χ2v) is 6.75. The molecule has 1 aromatic carbocycles. The zero-order valence-corrected chi connectivity index (χ0v) is 14.7. The van der Waals surface area contributed by atoms with Crippen molar-refractivity contribution in [3.8, 4) is 0 Å². The van der Waals surface area contributed by atoms with E-state index < -0.39 is 11.9 Å². The van der Waals surface area contributed by atoms with Gasteiger partial charge in [-0.05, 0) is 56.8 Å². The Kier molecular flexibility index (Phi) is 5.13. The predicted molar refractivity (Wildman–Crippen MR) is 92.1 cm³/mol. The van der Waals surface area contributed by atoms with Crippen LogP contribution in [0, 0.1) is 25.6 Å². The molecule has 2 atom stereocenters. The summed E-state index contributed by atoms with van der Waals surface area (Å²) in [5.41, 5.74) is 6.40. The van der Waals surface area contributed by atoms with Gasteiger partial charge in [0.1, 0.15) is 23.5 Å². The number of carbonyl (C=O) groups is 1. The normalized spacial score (nSPS) is 19.7. The van der Waals surface area contributed by atoms with E-state index in [1.54, 1.807) is 12.1 Å². The molecule has 2 heterocycles. The van der Waals surface area contributed by atoms with Crippen molar-refractivity contribution in [3.05, 3.63) is 47.3 Å². The number of benzene rings is 1. The van der Waals surface area contributed by atoms with Gasteiger partial charge >= 0.3 is 0 Å². The number of nitrogens with two attached hydrogens (primary N) is 1. The summed E-state index contributed by atoms with van der Waals surface area (Å²) >= 11 is 0. The fourth-order valence-corrected chi connectivity index (χ4v) is 3.66. The molecule has 0 radical (unpaired) electrons. The number of aromatic nitrogens is 3. The fraction of sp³-hybridized carbons (Fsp3) is 0.500. The van der Waals surface area contributed by atoms with Gasteiger partial charge in [0.25, 0.3) is 0 Å². The Morgan fingerprint density at radius 2 is 2.08 bits per heavy atom. The number of likely N-dealkylation sites (tertiary alicyclic amines) is 1. The lowest BCUT2D eigenvalue weighted by Crippen LogP contribution is -2.44. The van der Waals surface area contributed by atoms with E-state index >= 15 is 0 Å². The lowest BCUT2D eigenvalue weighted by Gasteiger charge is -2.37. The first kappa shape index (κ1) is 17.5. The van der Waals surface area contributed by atoms with Crippen LogP contribution in [-0.2, 0) is 11.3 Å². The summed E-state index contributed by atoms with van der Waals surface area (Å²) in [4.78, 5) is 18.5. The summed E-state index contributed by atoms with van der Waals surface area (Å²) in [6.45, 7) is 6.16. The summed E-state index contributed by atoms with van der Waals surface area (Å²) in [6, 6.07) is 5.49. The Hall–Kier alpha value is -2.28. The molecule has 7 heteroatoms. The number of primary amides is 1. The maximum Gasteiger partial charge on any atom is 0.239 e. The van der Waals surface area contributed by atoms with Crippen molar-refractivity contribution in [2.24, 2.45) is 11.7 Å². The number of halogens is 1. The Bertz CT molecular complexity index is 742. The third-order valence-corrected chi connectivity index (χ3v) is 4.76. The number of aryl methyl sites for hydroxylation is 2. The average Bonchev–Trinajstić information content (AvgIpc) is 2.87. The first-order valence-electron chi connectivity index (χ1n) is 8.61. The first-order chi connectivity index (χ1) is 11.9. The van der Waals surface area contributed by atoms with Crippen molar-refractivity contribution >= 4 is 5.91 Å². The second-order valence-electron chi connectivity index (χ2n) is 6.75. The molecule has 1 amide bonds. The van der Waals surface area contributed by atoms with Gasteiger partial charge in [0.05, 0.1) is 0 Å².